The lowest BCUT2D eigenvalue weighted by Gasteiger charge is -2.11. The third-order valence-electron chi connectivity index (χ3n) is 3.11. The van der Waals surface area contributed by atoms with E-state index in [1.165, 1.54) is 24.1 Å². The van der Waals surface area contributed by atoms with Gasteiger partial charge in [-0.2, -0.15) is 5.10 Å². The molecule has 3 heteroatoms. The van der Waals surface area contributed by atoms with Crippen LogP contribution < -0.4 is 5.43 Å². The molecule has 2 nitrogen and oxygen atoms in total. The Labute approximate surface area is 94.3 Å². The number of hydrogen-bond acceptors (Lipinski definition) is 2. The third kappa shape index (κ3) is 1.74. The first-order chi connectivity index (χ1) is 7.34. The van der Waals surface area contributed by atoms with Crippen molar-refractivity contribution >= 4 is 17.3 Å². The maximum atomic E-state index is 6.16. The zero-order valence-corrected chi connectivity index (χ0v) is 9.17. The summed E-state index contributed by atoms with van der Waals surface area (Å²) in [6.07, 6.45) is 3.65. The van der Waals surface area contributed by atoms with E-state index < -0.39 is 0 Å². The molecule has 1 fully saturated rings. The normalized spacial score (nSPS) is 24.9. The number of hydrazone groups is 1. The van der Waals surface area contributed by atoms with Crippen molar-refractivity contribution in [3.05, 3.63) is 34.9 Å². The summed E-state index contributed by atoms with van der Waals surface area (Å²) in [7, 11) is 0. The van der Waals surface area contributed by atoms with Crippen LogP contribution in [0.2, 0.25) is 5.02 Å². The van der Waals surface area contributed by atoms with E-state index in [1.54, 1.807) is 0 Å². The molecule has 1 atom stereocenters. The smallest absolute Gasteiger partial charge is 0.0756 e. The Morgan fingerprint density at radius 3 is 2.80 bits per heavy atom. The standard InChI is InChI=1S/C12H13ClN2/c13-10-4-2-1-3-9(10)12-7-11(14-15-12)8-5-6-8/h1-4,8,12,15H,5-7H2. The second kappa shape index (κ2) is 3.53. The average molecular weight is 221 g/mol. The van der Waals surface area contributed by atoms with Gasteiger partial charge in [0.15, 0.2) is 0 Å². The van der Waals surface area contributed by atoms with Crippen LogP contribution >= 0.6 is 11.6 Å². The highest BCUT2D eigenvalue weighted by molar-refractivity contribution is 6.31. The summed E-state index contributed by atoms with van der Waals surface area (Å²) in [6.45, 7) is 0. The molecule has 78 valence electrons. The number of rotatable bonds is 2. The highest BCUT2D eigenvalue weighted by Crippen LogP contribution is 2.37. The minimum atomic E-state index is 0.286. The predicted molar refractivity (Wildman–Crippen MR) is 62.1 cm³/mol. The number of nitrogens with zero attached hydrogens (tertiary/aromatic N) is 1. The van der Waals surface area contributed by atoms with E-state index in [-0.39, 0.29) is 6.04 Å². The van der Waals surface area contributed by atoms with Crippen molar-refractivity contribution in [3.63, 3.8) is 0 Å². The largest absolute Gasteiger partial charge is 0.302 e. The summed E-state index contributed by atoms with van der Waals surface area (Å²) >= 11 is 6.16. The van der Waals surface area contributed by atoms with Gasteiger partial charge in [0.1, 0.15) is 0 Å². The van der Waals surface area contributed by atoms with Gasteiger partial charge in [-0.05, 0) is 30.4 Å². The molecule has 3 rings (SSSR count). The molecule has 1 saturated carbocycles. The van der Waals surface area contributed by atoms with Crippen LogP contribution in [-0.2, 0) is 0 Å². The first-order valence-corrected chi connectivity index (χ1v) is 5.79. The highest BCUT2D eigenvalue weighted by atomic mass is 35.5. The molecule has 2 aliphatic rings. The summed E-state index contributed by atoms with van der Waals surface area (Å²) in [5.74, 6) is 0.755. The molecule has 0 saturated heterocycles. The molecule has 0 radical (unpaired) electrons. The van der Waals surface area contributed by atoms with Gasteiger partial charge in [-0.25, -0.2) is 0 Å². The zero-order valence-electron chi connectivity index (χ0n) is 8.41. The van der Waals surface area contributed by atoms with Crippen molar-refractivity contribution in [1.29, 1.82) is 0 Å². The molecule has 0 spiro atoms. The summed E-state index contributed by atoms with van der Waals surface area (Å²) in [4.78, 5) is 0. The molecule has 1 unspecified atom stereocenters. The van der Waals surface area contributed by atoms with Crippen LogP contribution in [0.25, 0.3) is 0 Å². The van der Waals surface area contributed by atoms with Gasteiger partial charge in [0.05, 0.1) is 6.04 Å². The van der Waals surface area contributed by atoms with E-state index in [0.717, 1.165) is 17.4 Å². The van der Waals surface area contributed by atoms with E-state index in [2.05, 4.69) is 16.6 Å². The van der Waals surface area contributed by atoms with Gasteiger partial charge in [0, 0.05) is 17.2 Å². The monoisotopic (exact) mass is 220 g/mol. The Bertz CT molecular complexity index is 410. The second-order valence-corrected chi connectivity index (χ2v) is 4.69. The molecule has 1 heterocycles. The average Bonchev–Trinajstić information content (AvgIpc) is 2.99. The van der Waals surface area contributed by atoms with Gasteiger partial charge >= 0.3 is 0 Å². The van der Waals surface area contributed by atoms with E-state index >= 15 is 0 Å². The number of nitrogens with one attached hydrogen (secondary N) is 1. The van der Waals surface area contributed by atoms with E-state index in [1.807, 2.05) is 18.2 Å². The molecule has 0 amide bonds. The Morgan fingerprint density at radius 2 is 2.07 bits per heavy atom. The molecule has 0 aromatic heterocycles. The van der Waals surface area contributed by atoms with Crippen molar-refractivity contribution in [1.82, 2.24) is 5.43 Å². The molecule has 1 aromatic carbocycles. The topological polar surface area (TPSA) is 24.4 Å². The zero-order chi connectivity index (χ0) is 10.3. The van der Waals surface area contributed by atoms with Crippen LogP contribution in [0.4, 0.5) is 0 Å². The Kier molecular flexibility index (Phi) is 2.17. The Hall–Kier alpha value is -1.02. The maximum Gasteiger partial charge on any atom is 0.0756 e. The summed E-state index contributed by atoms with van der Waals surface area (Å²) < 4.78 is 0. The van der Waals surface area contributed by atoms with Crippen LogP contribution in [0.3, 0.4) is 0 Å². The van der Waals surface area contributed by atoms with Crippen LogP contribution in [0.1, 0.15) is 30.9 Å². The molecular weight excluding hydrogens is 208 g/mol. The Balaban J connectivity index is 1.78. The van der Waals surface area contributed by atoms with Gasteiger partial charge in [0.2, 0.25) is 0 Å². The lowest BCUT2D eigenvalue weighted by atomic mass is 10.0. The van der Waals surface area contributed by atoms with Crippen LogP contribution in [0.15, 0.2) is 29.4 Å². The van der Waals surface area contributed by atoms with E-state index in [9.17, 15) is 0 Å². The summed E-state index contributed by atoms with van der Waals surface area (Å²) in [5, 5.41) is 5.24. The minimum Gasteiger partial charge on any atom is -0.302 e. The second-order valence-electron chi connectivity index (χ2n) is 4.28. The molecule has 15 heavy (non-hydrogen) atoms. The lowest BCUT2D eigenvalue weighted by molar-refractivity contribution is 0.620. The van der Waals surface area contributed by atoms with Crippen LogP contribution in [0.5, 0.6) is 0 Å². The van der Waals surface area contributed by atoms with Gasteiger partial charge in [-0.3, -0.25) is 0 Å². The number of halogens is 1. The van der Waals surface area contributed by atoms with Crippen molar-refractivity contribution < 1.29 is 0 Å². The fraction of sp³-hybridized carbons (Fsp3) is 0.417. The van der Waals surface area contributed by atoms with Gasteiger partial charge in [0.25, 0.3) is 0 Å². The quantitative estimate of drug-likeness (QED) is 0.814. The van der Waals surface area contributed by atoms with E-state index in [0.29, 0.717) is 0 Å². The molecular formula is C12H13ClN2. The van der Waals surface area contributed by atoms with Crippen LogP contribution in [0, 0.1) is 5.92 Å². The molecule has 1 N–H and O–H groups in total. The maximum absolute atomic E-state index is 6.16. The van der Waals surface area contributed by atoms with Crippen molar-refractivity contribution in [2.75, 3.05) is 0 Å². The molecule has 0 bridgehead atoms. The van der Waals surface area contributed by atoms with Crippen molar-refractivity contribution in [2.24, 2.45) is 11.0 Å². The molecule has 1 aliphatic heterocycles. The lowest BCUT2D eigenvalue weighted by Crippen LogP contribution is -2.10. The van der Waals surface area contributed by atoms with E-state index in [4.69, 9.17) is 11.6 Å². The number of benzene rings is 1. The summed E-state index contributed by atoms with van der Waals surface area (Å²) in [6, 6.07) is 8.29. The van der Waals surface area contributed by atoms with Crippen molar-refractivity contribution in [2.45, 2.75) is 25.3 Å². The minimum absolute atomic E-state index is 0.286. The first kappa shape index (κ1) is 9.22. The van der Waals surface area contributed by atoms with Crippen LogP contribution in [-0.4, -0.2) is 5.71 Å². The SMILES string of the molecule is Clc1ccccc1C1CC(C2CC2)=NN1. The first-order valence-electron chi connectivity index (χ1n) is 5.41. The molecule has 1 aromatic rings. The highest BCUT2D eigenvalue weighted by Gasteiger charge is 2.33. The van der Waals surface area contributed by atoms with Gasteiger partial charge in [-0.1, -0.05) is 29.8 Å². The predicted octanol–water partition coefficient (Wildman–Crippen LogP) is 3.14. The van der Waals surface area contributed by atoms with Gasteiger partial charge in [-0.15, -0.1) is 0 Å². The molecule has 1 aliphatic carbocycles. The summed E-state index contributed by atoms with van der Waals surface area (Å²) in [5.41, 5.74) is 5.69. The Morgan fingerprint density at radius 1 is 1.27 bits per heavy atom. The third-order valence-corrected chi connectivity index (χ3v) is 3.45. The number of hydrogen-bond donors (Lipinski definition) is 1. The fourth-order valence-electron chi connectivity index (χ4n) is 2.07. The fourth-order valence-corrected chi connectivity index (χ4v) is 2.34. The van der Waals surface area contributed by atoms with Crippen molar-refractivity contribution in [3.8, 4) is 0 Å². The van der Waals surface area contributed by atoms with Gasteiger partial charge < -0.3 is 5.43 Å².